The molecule has 0 saturated heterocycles. The zero-order valence-corrected chi connectivity index (χ0v) is 10.5. The average Bonchev–Trinajstić information content (AvgIpc) is 2.46. The summed E-state index contributed by atoms with van der Waals surface area (Å²) in [5.41, 5.74) is -0.284. The number of hydrogen-bond acceptors (Lipinski definition) is 3. The van der Waals surface area contributed by atoms with Crippen LogP contribution in [0.1, 0.15) is 34.1 Å². The second-order valence-corrected chi connectivity index (χ2v) is 4.67. The van der Waals surface area contributed by atoms with Crippen LogP contribution in [0, 0.1) is 5.41 Å². The summed E-state index contributed by atoms with van der Waals surface area (Å²) >= 11 is 0. The summed E-state index contributed by atoms with van der Waals surface area (Å²) in [5.74, 6) is -1.76. The van der Waals surface area contributed by atoms with Gasteiger partial charge in [-0.2, -0.15) is 0 Å². The van der Waals surface area contributed by atoms with Crippen LogP contribution in [0.15, 0.2) is 11.1 Å². The van der Waals surface area contributed by atoms with Crippen molar-refractivity contribution in [1.29, 1.82) is 0 Å². The number of aliphatic carboxylic acids is 1. The average molecular weight is 239 g/mol. The summed E-state index contributed by atoms with van der Waals surface area (Å²) in [7, 11) is 0. The summed E-state index contributed by atoms with van der Waals surface area (Å²) < 4.78 is 0. The molecular formula is C12H17NO4. The molecule has 0 aromatic rings. The molecule has 0 spiro atoms. The minimum atomic E-state index is -1.09. The highest BCUT2D eigenvalue weighted by Crippen LogP contribution is 2.28. The number of carboxylic acid groups (broad SMARTS) is 1. The highest BCUT2D eigenvalue weighted by molar-refractivity contribution is 6.18. The summed E-state index contributed by atoms with van der Waals surface area (Å²) in [6, 6.07) is 0. The predicted molar refractivity (Wildman–Crippen MR) is 61.1 cm³/mol. The summed E-state index contributed by atoms with van der Waals surface area (Å²) in [6.07, 6.45) is 0.359. The molecule has 1 unspecified atom stereocenters. The molecule has 17 heavy (non-hydrogen) atoms. The molecule has 0 saturated carbocycles. The van der Waals surface area contributed by atoms with Crippen molar-refractivity contribution in [3.05, 3.63) is 11.1 Å². The maximum absolute atomic E-state index is 11.8. The number of amides is 2. The first-order valence-electron chi connectivity index (χ1n) is 5.51. The smallest absolute Gasteiger partial charge is 0.311 e. The number of imide groups is 1. The fourth-order valence-corrected chi connectivity index (χ4v) is 1.64. The SMILES string of the molecule is CCC(C)(CN1C(=O)C(C)=C(C)C1=O)C(=O)O. The number of carbonyl (C=O) groups is 3. The summed E-state index contributed by atoms with van der Waals surface area (Å²) in [5, 5.41) is 9.13. The van der Waals surface area contributed by atoms with Gasteiger partial charge in [-0.25, -0.2) is 0 Å². The Bertz CT molecular complexity index is 400. The van der Waals surface area contributed by atoms with Gasteiger partial charge in [-0.1, -0.05) is 6.92 Å². The Balaban J connectivity index is 2.96. The van der Waals surface area contributed by atoms with Crippen molar-refractivity contribution >= 4 is 17.8 Å². The van der Waals surface area contributed by atoms with Crippen LogP contribution in [-0.4, -0.2) is 34.3 Å². The van der Waals surface area contributed by atoms with E-state index in [0.29, 0.717) is 17.6 Å². The Hall–Kier alpha value is -1.65. The van der Waals surface area contributed by atoms with E-state index in [1.165, 1.54) is 0 Å². The highest BCUT2D eigenvalue weighted by Gasteiger charge is 2.41. The Morgan fingerprint density at radius 2 is 1.65 bits per heavy atom. The van der Waals surface area contributed by atoms with Crippen molar-refractivity contribution in [2.24, 2.45) is 5.41 Å². The first-order chi connectivity index (χ1) is 7.74. The molecule has 5 nitrogen and oxygen atoms in total. The van der Waals surface area contributed by atoms with E-state index < -0.39 is 11.4 Å². The molecule has 0 aromatic carbocycles. The van der Waals surface area contributed by atoms with Gasteiger partial charge in [0.25, 0.3) is 11.8 Å². The monoisotopic (exact) mass is 239 g/mol. The number of carbonyl (C=O) groups excluding carboxylic acids is 2. The molecule has 1 rings (SSSR count). The molecule has 1 atom stereocenters. The lowest BCUT2D eigenvalue weighted by atomic mass is 9.87. The molecule has 1 aliphatic heterocycles. The van der Waals surface area contributed by atoms with Gasteiger partial charge in [-0.3, -0.25) is 19.3 Å². The quantitative estimate of drug-likeness (QED) is 0.748. The van der Waals surface area contributed by atoms with E-state index in [-0.39, 0.29) is 18.4 Å². The maximum Gasteiger partial charge on any atom is 0.311 e. The molecule has 0 radical (unpaired) electrons. The normalized spacial score (nSPS) is 19.9. The van der Waals surface area contributed by atoms with Gasteiger partial charge in [0.05, 0.1) is 5.41 Å². The lowest BCUT2D eigenvalue weighted by Gasteiger charge is -2.28. The predicted octanol–water partition coefficient (Wildman–Crippen LogP) is 1.19. The van der Waals surface area contributed by atoms with Gasteiger partial charge in [-0.15, -0.1) is 0 Å². The lowest BCUT2D eigenvalue weighted by Crippen LogP contribution is -2.44. The van der Waals surface area contributed by atoms with Crippen molar-refractivity contribution in [2.75, 3.05) is 6.54 Å². The summed E-state index contributed by atoms with van der Waals surface area (Å²) in [6.45, 7) is 6.36. The molecule has 94 valence electrons. The van der Waals surface area contributed by atoms with Crippen LogP contribution in [-0.2, 0) is 14.4 Å². The molecule has 0 bridgehead atoms. The number of rotatable bonds is 4. The van der Waals surface area contributed by atoms with Crippen LogP contribution in [0.25, 0.3) is 0 Å². The molecule has 1 N–H and O–H groups in total. The number of hydrogen-bond donors (Lipinski definition) is 1. The largest absolute Gasteiger partial charge is 0.481 e. The van der Waals surface area contributed by atoms with Gasteiger partial charge < -0.3 is 5.11 Å². The van der Waals surface area contributed by atoms with Crippen LogP contribution in [0.4, 0.5) is 0 Å². The standard InChI is InChI=1S/C12H17NO4/c1-5-12(4,11(16)17)6-13-9(14)7(2)8(3)10(13)15/h5-6H2,1-4H3,(H,16,17). The molecular weight excluding hydrogens is 222 g/mol. The van der Waals surface area contributed by atoms with Gasteiger partial charge in [-0.05, 0) is 27.2 Å². The van der Waals surface area contributed by atoms with Crippen molar-refractivity contribution in [3.8, 4) is 0 Å². The topological polar surface area (TPSA) is 74.7 Å². The molecule has 0 fully saturated rings. The van der Waals surface area contributed by atoms with E-state index in [9.17, 15) is 14.4 Å². The third-order valence-corrected chi connectivity index (χ3v) is 3.50. The molecule has 2 amide bonds. The minimum absolute atomic E-state index is 0.0782. The fourth-order valence-electron chi connectivity index (χ4n) is 1.64. The van der Waals surface area contributed by atoms with Crippen LogP contribution >= 0.6 is 0 Å². The van der Waals surface area contributed by atoms with Crippen molar-refractivity contribution in [2.45, 2.75) is 34.1 Å². The van der Waals surface area contributed by atoms with Crippen molar-refractivity contribution in [1.82, 2.24) is 4.90 Å². The summed E-state index contributed by atoms with van der Waals surface area (Å²) in [4.78, 5) is 35.8. The first-order valence-corrected chi connectivity index (χ1v) is 5.51. The van der Waals surface area contributed by atoms with Crippen molar-refractivity contribution < 1.29 is 19.5 Å². The van der Waals surface area contributed by atoms with Gasteiger partial charge >= 0.3 is 5.97 Å². The van der Waals surface area contributed by atoms with E-state index in [1.54, 1.807) is 27.7 Å². The minimum Gasteiger partial charge on any atom is -0.481 e. The second kappa shape index (κ2) is 4.31. The second-order valence-electron chi connectivity index (χ2n) is 4.67. The Morgan fingerprint density at radius 1 is 1.24 bits per heavy atom. The first kappa shape index (κ1) is 13.4. The third kappa shape index (κ3) is 2.09. The van der Waals surface area contributed by atoms with Gasteiger partial charge in [0.15, 0.2) is 0 Å². The van der Waals surface area contributed by atoms with E-state index in [1.807, 2.05) is 0 Å². The number of nitrogens with zero attached hydrogens (tertiary/aromatic N) is 1. The molecule has 0 aliphatic carbocycles. The Kier molecular flexibility index (Phi) is 3.40. The fraction of sp³-hybridized carbons (Fsp3) is 0.583. The van der Waals surface area contributed by atoms with Gasteiger partial charge in [0, 0.05) is 17.7 Å². The van der Waals surface area contributed by atoms with Crippen LogP contribution < -0.4 is 0 Å². The van der Waals surface area contributed by atoms with Crippen LogP contribution in [0.5, 0.6) is 0 Å². The molecule has 0 aromatic heterocycles. The molecule has 1 aliphatic rings. The third-order valence-electron chi connectivity index (χ3n) is 3.50. The molecule has 1 heterocycles. The lowest BCUT2D eigenvalue weighted by molar-refractivity contribution is -0.151. The zero-order valence-electron chi connectivity index (χ0n) is 10.5. The van der Waals surface area contributed by atoms with Gasteiger partial charge in [0.1, 0.15) is 0 Å². The van der Waals surface area contributed by atoms with Crippen LogP contribution in [0.3, 0.4) is 0 Å². The molecule has 5 heteroatoms. The zero-order chi connectivity index (χ0) is 13.4. The van der Waals surface area contributed by atoms with E-state index >= 15 is 0 Å². The number of carboxylic acids is 1. The van der Waals surface area contributed by atoms with E-state index in [2.05, 4.69) is 0 Å². The van der Waals surface area contributed by atoms with Crippen LogP contribution in [0.2, 0.25) is 0 Å². The van der Waals surface area contributed by atoms with E-state index in [4.69, 9.17) is 5.11 Å². The Morgan fingerprint density at radius 3 is 1.94 bits per heavy atom. The highest BCUT2D eigenvalue weighted by atomic mass is 16.4. The maximum atomic E-state index is 11.8. The van der Waals surface area contributed by atoms with Gasteiger partial charge in [0.2, 0.25) is 0 Å². The Labute approximate surface area is 100 Å². The van der Waals surface area contributed by atoms with E-state index in [0.717, 1.165) is 4.90 Å². The van der Waals surface area contributed by atoms with Crippen molar-refractivity contribution in [3.63, 3.8) is 0 Å².